The summed E-state index contributed by atoms with van der Waals surface area (Å²) in [5.74, 6) is 1.55. The molecule has 124 valence electrons. The van der Waals surface area contributed by atoms with Gasteiger partial charge in [-0.3, -0.25) is 0 Å². The van der Waals surface area contributed by atoms with E-state index in [0.29, 0.717) is 30.7 Å². The van der Waals surface area contributed by atoms with Crippen LogP contribution >= 0.6 is 0 Å². The number of carbonyl (C=O) groups is 1. The lowest BCUT2D eigenvalue weighted by molar-refractivity contribution is 0.234. The Balaban J connectivity index is 1.77. The standard InChI is InChI=1S/C18H25N3O2/c1-13(2)16(10-15-7-5-4-6-8-15)11-19-18(22)20-12-17-9-14(3)21-23-17/h4-9,13,16H,10-12H2,1-3H3,(H2,19,20,22)/t16-/m1/s1. The fourth-order valence-corrected chi connectivity index (χ4v) is 2.41. The third-order valence-electron chi connectivity index (χ3n) is 3.91. The number of benzene rings is 1. The van der Waals surface area contributed by atoms with Crippen molar-refractivity contribution >= 4 is 6.03 Å². The van der Waals surface area contributed by atoms with E-state index in [2.05, 4.69) is 41.8 Å². The Morgan fingerprint density at radius 3 is 2.57 bits per heavy atom. The minimum Gasteiger partial charge on any atom is -0.359 e. The SMILES string of the molecule is Cc1cc(CNC(=O)NC[C@@H](Cc2ccccc2)C(C)C)on1. The van der Waals surface area contributed by atoms with Gasteiger partial charge in [-0.25, -0.2) is 4.79 Å². The number of aryl methyl sites for hydroxylation is 1. The van der Waals surface area contributed by atoms with Gasteiger partial charge in [0, 0.05) is 12.6 Å². The van der Waals surface area contributed by atoms with Gasteiger partial charge in [-0.2, -0.15) is 0 Å². The van der Waals surface area contributed by atoms with Crippen LogP contribution in [0.15, 0.2) is 40.9 Å². The molecule has 5 nitrogen and oxygen atoms in total. The molecule has 2 aromatic rings. The first kappa shape index (κ1) is 17.1. The van der Waals surface area contributed by atoms with Crippen LogP contribution in [-0.2, 0) is 13.0 Å². The zero-order valence-corrected chi connectivity index (χ0v) is 14.0. The Bertz CT molecular complexity index is 608. The van der Waals surface area contributed by atoms with Crippen LogP contribution in [0.5, 0.6) is 0 Å². The topological polar surface area (TPSA) is 67.2 Å². The van der Waals surface area contributed by atoms with Crippen LogP contribution in [0, 0.1) is 18.8 Å². The van der Waals surface area contributed by atoms with E-state index in [4.69, 9.17) is 4.52 Å². The van der Waals surface area contributed by atoms with Crippen molar-refractivity contribution in [1.82, 2.24) is 15.8 Å². The molecule has 0 aliphatic carbocycles. The van der Waals surface area contributed by atoms with Gasteiger partial charge < -0.3 is 15.2 Å². The van der Waals surface area contributed by atoms with Crippen molar-refractivity contribution in [3.8, 4) is 0 Å². The van der Waals surface area contributed by atoms with Gasteiger partial charge in [0.1, 0.15) is 0 Å². The fourth-order valence-electron chi connectivity index (χ4n) is 2.41. The van der Waals surface area contributed by atoms with Crippen LogP contribution in [0.3, 0.4) is 0 Å². The number of hydrogen-bond acceptors (Lipinski definition) is 3. The Morgan fingerprint density at radius 1 is 1.22 bits per heavy atom. The first-order valence-electron chi connectivity index (χ1n) is 8.02. The number of nitrogens with zero attached hydrogens (tertiary/aromatic N) is 1. The molecule has 1 atom stereocenters. The smallest absolute Gasteiger partial charge is 0.315 e. The van der Waals surface area contributed by atoms with Crippen LogP contribution in [0.4, 0.5) is 4.79 Å². The van der Waals surface area contributed by atoms with Gasteiger partial charge in [-0.1, -0.05) is 49.3 Å². The summed E-state index contributed by atoms with van der Waals surface area (Å²) in [4.78, 5) is 11.9. The van der Waals surface area contributed by atoms with Crippen LogP contribution in [0.25, 0.3) is 0 Å². The van der Waals surface area contributed by atoms with E-state index < -0.39 is 0 Å². The number of carbonyl (C=O) groups excluding carboxylic acids is 1. The summed E-state index contributed by atoms with van der Waals surface area (Å²) in [5, 5.41) is 9.53. The second kappa shape index (κ2) is 8.36. The molecule has 0 radical (unpaired) electrons. The van der Waals surface area contributed by atoms with Gasteiger partial charge in [0.05, 0.1) is 12.2 Å². The van der Waals surface area contributed by atoms with E-state index in [1.165, 1.54) is 5.56 Å². The Morgan fingerprint density at radius 2 is 1.96 bits per heavy atom. The number of amides is 2. The molecule has 0 fully saturated rings. The van der Waals surface area contributed by atoms with Crippen LogP contribution in [0.2, 0.25) is 0 Å². The minimum absolute atomic E-state index is 0.183. The number of nitrogens with one attached hydrogen (secondary N) is 2. The average molecular weight is 315 g/mol. The summed E-state index contributed by atoms with van der Waals surface area (Å²) in [7, 11) is 0. The number of aromatic nitrogens is 1. The van der Waals surface area contributed by atoms with E-state index in [1.54, 1.807) is 0 Å². The maximum atomic E-state index is 11.9. The second-order valence-corrected chi connectivity index (χ2v) is 6.19. The van der Waals surface area contributed by atoms with E-state index in [1.807, 2.05) is 31.2 Å². The third-order valence-corrected chi connectivity index (χ3v) is 3.91. The van der Waals surface area contributed by atoms with Crippen LogP contribution in [0.1, 0.15) is 30.9 Å². The molecule has 1 heterocycles. The summed E-state index contributed by atoms with van der Waals surface area (Å²) < 4.78 is 5.07. The highest BCUT2D eigenvalue weighted by atomic mass is 16.5. The quantitative estimate of drug-likeness (QED) is 0.824. The van der Waals surface area contributed by atoms with Crippen molar-refractivity contribution in [2.45, 2.75) is 33.7 Å². The van der Waals surface area contributed by atoms with Crippen LogP contribution in [-0.4, -0.2) is 17.7 Å². The van der Waals surface area contributed by atoms with Gasteiger partial charge >= 0.3 is 6.03 Å². The lowest BCUT2D eigenvalue weighted by Gasteiger charge is -2.21. The number of urea groups is 1. The van der Waals surface area contributed by atoms with Crippen LogP contribution < -0.4 is 10.6 Å². The van der Waals surface area contributed by atoms with E-state index in [-0.39, 0.29) is 6.03 Å². The van der Waals surface area contributed by atoms with E-state index in [0.717, 1.165) is 12.1 Å². The Kier molecular flexibility index (Phi) is 6.20. The minimum atomic E-state index is -0.183. The molecule has 0 aliphatic heterocycles. The molecule has 2 N–H and O–H groups in total. The van der Waals surface area contributed by atoms with E-state index in [9.17, 15) is 4.79 Å². The molecule has 0 unspecified atom stereocenters. The summed E-state index contributed by atoms with van der Waals surface area (Å²) in [6, 6.07) is 12.0. The highest BCUT2D eigenvalue weighted by molar-refractivity contribution is 5.73. The molecule has 0 aliphatic rings. The zero-order valence-electron chi connectivity index (χ0n) is 14.0. The Hall–Kier alpha value is -2.30. The van der Waals surface area contributed by atoms with Crippen molar-refractivity contribution < 1.29 is 9.32 Å². The summed E-state index contributed by atoms with van der Waals surface area (Å²) in [6.07, 6.45) is 0.958. The molecule has 1 aromatic carbocycles. The number of hydrogen-bond donors (Lipinski definition) is 2. The van der Waals surface area contributed by atoms with Crippen molar-refractivity contribution in [3.05, 3.63) is 53.4 Å². The monoisotopic (exact) mass is 315 g/mol. The lowest BCUT2D eigenvalue weighted by Crippen LogP contribution is -2.39. The molecule has 0 bridgehead atoms. The molecular weight excluding hydrogens is 290 g/mol. The predicted octanol–water partition coefficient (Wildman–Crippen LogP) is 3.30. The van der Waals surface area contributed by atoms with Gasteiger partial charge in [0.15, 0.2) is 5.76 Å². The summed E-state index contributed by atoms with van der Waals surface area (Å²) in [5.41, 5.74) is 2.11. The third kappa shape index (κ3) is 5.77. The molecule has 1 aromatic heterocycles. The van der Waals surface area contributed by atoms with Gasteiger partial charge in [0.2, 0.25) is 0 Å². The van der Waals surface area contributed by atoms with E-state index >= 15 is 0 Å². The van der Waals surface area contributed by atoms with Gasteiger partial charge in [-0.05, 0) is 30.7 Å². The summed E-state index contributed by atoms with van der Waals surface area (Å²) >= 11 is 0. The van der Waals surface area contributed by atoms with Crippen molar-refractivity contribution in [1.29, 1.82) is 0 Å². The molecule has 0 saturated heterocycles. The lowest BCUT2D eigenvalue weighted by atomic mass is 9.89. The largest absolute Gasteiger partial charge is 0.359 e. The maximum absolute atomic E-state index is 11.9. The predicted molar refractivity (Wildman–Crippen MR) is 90.0 cm³/mol. The normalized spacial score (nSPS) is 12.2. The molecule has 2 rings (SSSR count). The van der Waals surface area contributed by atoms with Crippen molar-refractivity contribution in [3.63, 3.8) is 0 Å². The Labute approximate surface area is 137 Å². The van der Waals surface area contributed by atoms with Gasteiger partial charge in [0.25, 0.3) is 0 Å². The highest BCUT2D eigenvalue weighted by Crippen LogP contribution is 2.16. The highest BCUT2D eigenvalue weighted by Gasteiger charge is 2.15. The number of rotatable bonds is 7. The molecule has 2 amide bonds. The first-order valence-corrected chi connectivity index (χ1v) is 8.02. The van der Waals surface area contributed by atoms with Gasteiger partial charge in [-0.15, -0.1) is 0 Å². The van der Waals surface area contributed by atoms with Crippen molar-refractivity contribution in [2.24, 2.45) is 11.8 Å². The second-order valence-electron chi connectivity index (χ2n) is 6.19. The first-order chi connectivity index (χ1) is 11.0. The van der Waals surface area contributed by atoms with Crippen molar-refractivity contribution in [2.75, 3.05) is 6.54 Å². The summed E-state index contributed by atoms with van der Waals surface area (Å²) in [6.45, 7) is 7.21. The molecule has 23 heavy (non-hydrogen) atoms. The zero-order chi connectivity index (χ0) is 16.7. The molecule has 5 heteroatoms. The molecular formula is C18H25N3O2. The fraction of sp³-hybridized carbons (Fsp3) is 0.444. The maximum Gasteiger partial charge on any atom is 0.315 e. The molecule has 0 saturated carbocycles. The molecule has 0 spiro atoms. The average Bonchev–Trinajstić information content (AvgIpc) is 2.95.